The molecule has 1 aromatic carbocycles. The molecular formula is C22H35N3O3. The van der Waals surface area contributed by atoms with Gasteiger partial charge in [0.2, 0.25) is 5.91 Å². The number of hydrogen-bond acceptors (Lipinski definition) is 3. The predicted octanol–water partition coefficient (Wildman–Crippen LogP) is 3.54. The molecule has 156 valence electrons. The predicted molar refractivity (Wildman–Crippen MR) is 112 cm³/mol. The van der Waals surface area contributed by atoms with Gasteiger partial charge in [0.1, 0.15) is 5.75 Å². The molecule has 0 spiro atoms. The molecule has 0 atom stereocenters. The maximum atomic E-state index is 11.9. The number of carbonyl (C=O) groups excluding carboxylic acids is 2. The molecule has 28 heavy (non-hydrogen) atoms. The molecule has 0 aliphatic heterocycles. The molecule has 0 aromatic heterocycles. The monoisotopic (exact) mass is 389 g/mol. The lowest BCUT2D eigenvalue weighted by molar-refractivity contribution is -0.121. The minimum Gasteiger partial charge on any atom is -0.491 e. The zero-order valence-electron chi connectivity index (χ0n) is 17.3. The van der Waals surface area contributed by atoms with Crippen molar-refractivity contribution in [2.45, 2.75) is 77.4 Å². The van der Waals surface area contributed by atoms with Crippen LogP contribution < -0.4 is 20.7 Å². The molecule has 1 aromatic rings. The molecule has 1 aliphatic rings. The molecule has 0 unspecified atom stereocenters. The third kappa shape index (κ3) is 9.11. The lowest BCUT2D eigenvalue weighted by atomic mass is 9.96. The summed E-state index contributed by atoms with van der Waals surface area (Å²) in [5.74, 6) is 0.886. The van der Waals surface area contributed by atoms with Crippen LogP contribution in [0.2, 0.25) is 0 Å². The summed E-state index contributed by atoms with van der Waals surface area (Å²) in [5, 5.41) is 8.79. The Labute approximate surface area is 168 Å². The van der Waals surface area contributed by atoms with Crippen molar-refractivity contribution in [2.75, 3.05) is 13.1 Å². The molecule has 3 amide bonds. The maximum absolute atomic E-state index is 11.9. The van der Waals surface area contributed by atoms with Crippen LogP contribution >= 0.6 is 0 Å². The lowest BCUT2D eigenvalue weighted by Gasteiger charge is -2.22. The molecule has 1 saturated carbocycles. The first-order valence-electron chi connectivity index (χ1n) is 10.6. The second kappa shape index (κ2) is 12.3. The number of urea groups is 1. The van der Waals surface area contributed by atoms with Gasteiger partial charge in [0.15, 0.2) is 0 Å². The molecule has 2 rings (SSSR count). The van der Waals surface area contributed by atoms with E-state index in [-0.39, 0.29) is 18.0 Å². The Morgan fingerprint density at radius 3 is 2.43 bits per heavy atom. The van der Waals surface area contributed by atoms with Crippen LogP contribution in [-0.2, 0) is 11.2 Å². The SMILES string of the molecule is CC(C)Oc1ccc(CCNC(=O)CCCNC(=O)NC2CCCCC2)cc1. The molecule has 0 saturated heterocycles. The Balaban J connectivity index is 1.51. The summed E-state index contributed by atoms with van der Waals surface area (Å²) in [6.07, 6.45) is 7.82. The van der Waals surface area contributed by atoms with Crippen LogP contribution in [0.1, 0.15) is 64.4 Å². The van der Waals surface area contributed by atoms with Gasteiger partial charge in [-0.1, -0.05) is 31.4 Å². The van der Waals surface area contributed by atoms with Crippen molar-refractivity contribution in [3.05, 3.63) is 29.8 Å². The average Bonchev–Trinajstić information content (AvgIpc) is 2.67. The second-order valence-electron chi connectivity index (χ2n) is 7.75. The summed E-state index contributed by atoms with van der Waals surface area (Å²) >= 11 is 0. The van der Waals surface area contributed by atoms with Gasteiger partial charge in [-0.15, -0.1) is 0 Å². The third-order valence-corrected chi connectivity index (χ3v) is 4.84. The number of benzene rings is 1. The van der Waals surface area contributed by atoms with Crippen LogP contribution in [0.15, 0.2) is 24.3 Å². The quantitative estimate of drug-likeness (QED) is 0.536. The Bertz CT molecular complexity index is 596. The van der Waals surface area contributed by atoms with Crippen molar-refractivity contribution in [1.82, 2.24) is 16.0 Å². The minimum atomic E-state index is -0.114. The zero-order chi connectivity index (χ0) is 20.2. The van der Waals surface area contributed by atoms with Gasteiger partial charge in [0.25, 0.3) is 0 Å². The summed E-state index contributed by atoms with van der Waals surface area (Å²) in [4.78, 5) is 23.7. The third-order valence-electron chi connectivity index (χ3n) is 4.84. The summed E-state index contributed by atoms with van der Waals surface area (Å²) in [6.45, 7) is 5.13. The highest BCUT2D eigenvalue weighted by molar-refractivity contribution is 5.76. The number of hydrogen-bond donors (Lipinski definition) is 3. The van der Waals surface area contributed by atoms with E-state index in [1.165, 1.54) is 19.3 Å². The van der Waals surface area contributed by atoms with Gasteiger partial charge >= 0.3 is 6.03 Å². The van der Waals surface area contributed by atoms with E-state index < -0.39 is 0 Å². The van der Waals surface area contributed by atoms with Crippen molar-refractivity contribution < 1.29 is 14.3 Å². The van der Waals surface area contributed by atoms with Crippen LogP contribution in [0, 0.1) is 0 Å². The van der Waals surface area contributed by atoms with E-state index in [4.69, 9.17) is 4.74 Å². The van der Waals surface area contributed by atoms with E-state index >= 15 is 0 Å². The summed E-state index contributed by atoms with van der Waals surface area (Å²) in [6, 6.07) is 8.17. The van der Waals surface area contributed by atoms with Gasteiger partial charge in [-0.2, -0.15) is 0 Å². The molecule has 0 radical (unpaired) electrons. The largest absolute Gasteiger partial charge is 0.491 e. The molecule has 1 fully saturated rings. The summed E-state index contributed by atoms with van der Waals surface area (Å²) < 4.78 is 5.62. The van der Waals surface area contributed by atoms with E-state index in [1.807, 2.05) is 38.1 Å². The fourth-order valence-electron chi connectivity index (χ4n) is 3.38. The second-order valence-corrected chi connectivity index (χ2v) is 7.75. The first kappa shape index (κ1) is 22.1. The molecule has 6 heteroatoms. The Hall–Kier alpha value is -2.24. The van der Waals surface area contributed by atoms with Crippen molar-refractivity contribution in [3.8, 4) is 5.75 Å². The van der Waals surface area contributed by atoms with Crippen LogP contribution in [0.5, 0.6) is 5.75 Å². The van der Waals surface area contributed by atoms with E-state index in [1.54, 1.807) is 0 Å². The van der Waals surface area contributed by atoms with Crippen LogP contribution in [0.25, 0.3) is 0 Å². The zero-order valence-corrected chi connectivity index (χ0v) is 17.3. The summed E-state index contributed by atoms with van der Waals surface area (Å²) in [5.41, 5.74) is 1.16. The van der Waals surface area contributed by atoms with E-state index in [0.29, 0.717) is 32.0 Å². The molecular weight excluding hydrogens is 354 g/mol. The maximum Gasteiger partial charge on any atom is 0.315 e. The van der Waals surface area contributed by atoms with Crippen molar-refractivity contribution >= 4 is 11.9 Å². The first-order valence-corrected chi connectivity index (χ1v) is 10.6. The minimum absolute atomic E-state index is 0.0225. The molecule has 3 N–H and O–H groups in total. The first-order chi connectivity index (χ1) is 13.5. The standard InChI is InChI=1S/C22H35N3O3/c1-17(2)28-20-12-10-18(11-13-20)14-16-23-21(26)9-6-15-24-22(27)25-19-7-4-3-5-8-19/h10-13,17,19H,3-9,14-16H2,1-2H3,(H,23,26)(H2,24,25,27). The van der Waals surface area contributed by atoms with Crippen molar-refractivity contribution in [1.29, 1.82) is 0 Å². The fourth-order valence-corrected chi connectivity index (χ4v) is 3.38. The van der Waals surface area contributed by atoms with E-state index in [9.17, 15) is 9.59 Å². The normalized spacial score (nSPS) is 14.5. The van der Waals surface area contributed by atoms with Crippen LogP contribution in [0.4, 0.5) is 4.79 Å². The number of carbonyl (C=O) groups is 2. The van der Waals surface area contributed by atoms with Gasteiger partial charge < -0.3 is 20.7 Å². The Kier molecular flexibility index (Phi) is 9.66. The highest BCUT2D eigenvalue weighted by Gasteiger charge is 2.15. The molecule has 6 nitrogen and oxygen atoms in total. The van der Waals surface area contributed by atoms with Crippen LogP contribution in [0.3, 0.4) is 0 Å². The van der Waals surface area contributed by atoms with Crippen LogP contribution in [-0.4, -0.2) is 37.2 Å². The fraction of sp³-hybridized carbons (Fsp3) is 0.636. The number of nitrogens with one attached hydrogen (secondary N) is 3. The van der Waals surface area contributed by atoms with Gasteiger partial charge in [-0.3, -0.25) is 4.79 Å². The Morgan fingerprint density at radius 1 is 1.04 bits per heavy atom. The van der Waals surface area contributed by atoms with Gasteiger partial charge in [0, 0.05) is 25.6 Å². The number of ether oxygens (including phenoxy) is 1. The van der Waals surface area contributed by atoms with Crippen molar-refractivity contribution in [2.24, 2.45) is 0 Å². The molecule has 0 bridgehead atoms. The van der Waals surface area contributed by atoms with Gasteiger partial charge in [0.05, 0.1) is 6.10 Å². The lowest BCUT2D eigenvalue weighted by Crippen LogP contribution is -2.43. The smallest absolute Gasteiger partial charge is 0.315 e. The van der Waals surface area contributed by atoms with E-state index in [2.05, 4.69) is 16.0 Å². The van der Waals surface area contributed by atoms with Gasteiger partial charge in [-0.05, 0) is 57.2 Å². The van der Waals surface area contributed by atoms with Crippen molar-refractivity contribution in [3.63, 3.8) is 0 Å². The highest BCUT2D eigenvalue weighted by atomic mass is 16.5. The highest BCUT2D eigenvalue weighted by Crippen LogP contribution is 2.17. The number of amides is 3. The average molecular weight is 390 g/mol. The summed E-state index contributed by atoms with van der Waals surface area (Å²) in [7, 11) is 0. The number of rotatable bonds is 10. The topological polar surface area (TPSA) is 79.5 Å². The molecule has 1 aliphatic carbocycles. The van der Waals surface area contributed by atoms with E-state index in [0.717, 1.165) is 30.6 Å². The Morgan fingerprint density at radius 2 is 1.75 bits per heavy atom. The van der Waals surface area contributed by atoms with Gasteiger partial charge in [-0.25, -0.2) is 4.79 Å². The molecule has 0 heterocycles.